The van der Waals surface area contributed by atoms with E-state index >= 15 is 0 Å². The van der Waals surface area contributed by atoms with Gasteiger partial charge in [0.2, 0.25) is 0 Å². The highest BCUT2D eigenvalue weighted by Gasteiger charge is 2.19. The van der Waals surface area contributed by atoms with Crippen LogP contribution >= 0.6 is 11.6 Å². The molecule has 0 radical (unpaired) electrons. The van der Waals surface area contributed by atoms with Crippen molar-refractivity contribution in [1.82, 2.24) is 14.9 Å². The van der Waals surface area contributed by atoms with Crippen LogP contribution in [0.5, 0.6) is 0 Å². The molecule has 0 atom stereocenters. The number of hydrogen-bond acceptors (Lipinski definition) is 7. The molecule has 0 spiro atoms. The largest absolute Gasteiger partial charge is 0.433 e. The third kappa shape index (κ3) is 4.06. The predicted octanol–water partition coefficient (Wildman–Crippen LogP) is 3.85. The van der Waals surface area contributed by atoms with Crippen molar-refractivity contribution in [1.29, 1.82) is 0 Å². The van der Waals surface area contributed by atoms with E-state index < -0.39 is 4.92 Å². The van der Waals surface area contributed by atoms with Crippen LogP contribution in [-0.4, -0.2) is 53.0 Å². The Kier molecular flexibility index (Phi) is 5.16. The Morgan fingerprint density at radius 1 is 1.21 bits per heavy atom. The molecule has 0 amide bonds. The van der Waals surface area contributed by atoms with Crippen molar-refractivity contribution in [3.8, 4) is 0 Å². The number of fused-ring (bicyclic) bond motifs is 1. The first kappa shape index (κ1) is 19.3. The molecule has 150 valence electrons. The Bertz CT molecular complexity index is 1110. The monoisotopic (exact) mass is 417 g/mol. The van der Waals surface area contributed by atoms with Crippen LogP contribution in [0.15, 0.2) is 28.7 Å². The van der Waals surface area contributed by atoms with Crippen LogP contribution in [0.25, 0.3) is 23.1 Å². The third-order valence-corrected chi connectivity index (χ3v) is 5.06. The van der Waals surface area contributed by atoms with Crippen molar-refractivity contribution >= 4 is 46.2 Å². The van der Waals surface area contributed by atoms with Crippen molar-refractivity contribution in [2.45, 2.75) is 0 Å². The van der Waals surface area contributed by atoms with Gasteiger partial charge < -0.3 is 14.2 Å². The van der Waals surface area contributed by atoms with Gasteiger partial charge >= 0.3 is 5.88 Å². The van der Waals surface area contributed by atoms with E-state index in [1.807, 2.05) is 11.9 Å². The van der Waals surface area contributed by atoms with Crippen molar-refractivity contribution in [2.24, 2.45) is 0 Å². The molecule has 3 heterocycles. The maximum Gasteiger partial charge on any atom is 0.433 e. The summed E-state index contributed by atoms with van der Waals surface area (Å²) in [6.45, 7) is 3.15. The first-order chi connectivity index (χ1) is 13.9. The van der Waals surface area contributed by atoms with Crippen LogP contribution in [0, 0.1) is 15.9 Å². The fourth-order valence-electron chi connectivity index (χ4n) is 3.17. The summed E-state index contributed by atoms with van der Waals surface area (Å²) in [5.41, 5.74) is 1.00. The van der Waals surface area contributed by atoms with Crippen LogP contribution in [-0.2, 0) is 0 Å². The summed E-state index contributed by atoms with van der Waals surface area (Å²) in [6.07, 6.45) is 3.04. The Morgan fingerprint density at radius 3 is 2.66 bits per heavy atom. The van der Waals surface area contributed by atoms with Crippen LogP contribution < -0.4 is 4.90 Å². The average Bonchev–Trinajstić information content (AvgIpc) is 3.17. The average molecular weight is 418 g/mol. The van der Waals surface area contributed by atoms with Crippen molar-refractivity contribution in [3.05, 3.63) is 56.9 Å². The molecule has 0 aliphatic carbocycles. The van der Waals surface area contributed by atoms with E-state index in [1.165, 1.54) is 30.4 Å². The highest BCUT2D eigenvalue weighted by Crippen LogP contribution is 2.29. The lowest BCUT2D eigenvalue weighted by atomic mass is 10.1. The SMILES string of the molecule is CN1CCN(c2cc3nc(C=Cc4ccc([N+](=O)[O-])o4)nc(Cl)c3cc2F)CC1. The molecule has 29 heavy (non-hydrogen) atoms. The van der Waals surface area contributed by atoms with Crippen molar-refractivity contribution in [2.75, 3.05) is 38.1 Å². The van der Waals surface area contributed by atoms with E-state index in [0.717, 1.165) is 26.2 Å². The van der Waals surface area contributed by atoms with Crippen LogP contribution in [0.1, 0.15) is 11.6 Å². The molecule has 1 aliphatic heterocycles. The predicted molar refractivity (Wildman–Crippen MR) is 109 cm³/mol. The molecule has 2 aromatic heterocycles. The van der Waals surface area contributed by atoms with Gasteiger partial charge in [0.15, 0.2) is 5.82 Å². The van der Waals surface area contributed by atoms with Crippen LogP contribution in [0.4, 0.5) is 16.0 Å². The molecule has 1 saturated heterocycles. The lowest BCUT2D eigenvalue weighted by Crippen LogP contribution is -2.44. The fraction of sp³-hybridized carbons (Fsp3) is 0.263. The zero-order valence-electron chi connectivity index (χ0n) is 15.5. The van der Waals surface area contributed by atoms with Gasteiger partial charge in [0.1, 0.15) is 21.7 Å². The molecular formula is C19H17ClFN5O3. The number of hydrogen-bond donors (Lipinski definition) is 0. The molecule has 0 bridgehead atoms. The fourth-order valence-corrected chi connectivity index (χ4v) is 3.41. The van der Waals surface area contributed by atoms with Gasteiger partial charge in [-0.05, 0) is 37.4 Å². The van der Waals surface area contributed by atoms with Gasteiger partial charge in [-0.2, -0.15) is 0 Å². The van der Waals surface area contributed by atoms with E-state index in [9.17, 15) is 14.5 Å². The summed E-state index contributed by atoms with van der Waals surface area (Å²) in [5, 5.41) is 11.2. The van der Waals surface area contributed by atoms with Gasteiger partial charge in [-0.15, -0.1) is 0 Å². The van der Waals surface area contributed by atoms with Gasteiger partial charge in [0, 0.05) is 31.6 Å². The van der Waals surface area contributed by atoms with Gasteiger partial charge in [-0.1, -0.05) is 11.6 Å². The summed E-state index contributed by atoms with van der Waals surface area (Å²) in [4.78, 5) is 22.9. The molecule has 8 nitrogen and oxygen atoms in total. The molecule has 1 aromatic carbocycles. The molecular weight excluding hydrogens is 401 g/mol. The van der Waals surface area contributed by atoms with E-state index in [0.29, 0.717) is 16.6 Å². The zero-order chi connectivity index (χ0) is 20.5. The third-order valence-electron chi connectivity index (χ3n) is 4.77. The second kappa shape index (κ2) is 7.76. The lowest BCUT2D eigenvalue weighted by molar-refractivity contribution is -0.402. The molecule has 1 fully saturated rings. The molecule has 10 heteroatoms. The van der Waals surface area contributed by atoms with Crippen LogP contribution in [0.3, 0.4) is 0 Å². The minimum absolute atomic E-state index is 0.129. The maximum atomic E-state index is 14.7. The summed E-state index contributed by atoms with van der Waals surface area (Å²) < 4.78 is 19.7. The summed E-state index contributed by atoms with van der Waals surface area (Å²) in [6, 6.07) is 5.77. The second-order valence-corrected chi connectivity index (χ2v) is 7.11. The number of aromatic nitrogens is 2. The van der Waals surface area contributed by atoms with E-state index in [4.69, 9.17) is 16.0 Å². The Labute approximate surface area is 170 Å². The smallest absolute Gasteiger partial charge is 0.401 e. The Balaban J connectivity index is 1.66. The Hall–Kier alpha value is -3.04. The van der Waals surface area contributed by atoms with E-state index in [2.05, 4.69) is 14.9 Å². The summed E-state index contributed by atoms with van der Waals surface area (Å²) in [7, 11) is 2.04. The zero-order valence-corrected chi connectivity index (χ0v) is 16.3. The topological polar surface area (TPSA) is 88.5 Å². The molecule has 0 unspecified atom stereocenters. The molecule has 0 saturated carbocycles. The minimum Gasteiger partial charge on any atom is -0.401 e. The van der Waals surface area contributed by atoms with Gasteiger partial charge in [0.05, 0.1) is 17.3 Å². The Morgan fingerprint density at radius 2 is 1.97 bits per heavy atom. The summed E-state index contributed by atoms with van der Waals surface area (Å²) in [5.74, 6) is -0.139. The quantitative estimate of drug-likeness (QED) is 0.362. The number of likely N-dealkylation sites (N-methyl/N-ethyl adjacent to an activating group) is 1. The van der Waals surface area contributed by atoms with Gasteiger partial charge in [-0.25, -0.2) is 14.4 Å². The van der Waals surface area contributed by atoms with Gasteiger partial charge in [0.25, 0.3) is 0 Å². The molecule has 3 aromatic rings. The standard InChI is InChI=1S/C19H17ClFN5O3/c1-24-6-8-25(9-7-24)16-11-15-13(10-14(16)21)19(20)23-17(22-15)4-2-12-3-5-18(29-12)26(27)28/h2-5,10-11H,6-9H2,1H3. The number of anilines is 1. The van der Waals surface area contributed by atoms with Gasteiger partial charge in [-0.3, -0.25) is 10.1 Å². The normalized spacial score (nSPS) is 15.5. The number of halogens is 2. The molecule has 4 rings (SSSR count). The number of nitro groups is 1. The first-order valence-corrected chi connectivity index (χ1v) is 9.31. The number of piperazine rings is 1. The number of nitrogens with zero attached hydrogens (tertiary/aromatic N) is 5. The van der Waals surface area contributed by atoms with E-state index in [-0.39, 0.29) is 28.4 Å². The summed E-state index contributed by atoms with van der Waals surface area (Å²) >= 11 is 6.23. The second-order valence-electron chi connectivity index (χ2n) is 6.75. The maximum absolute atomic E-state index is 14.7. The molecule has 0 N–H and O–H groups in total. The number of rotatable bonds is 4. The van der Waals surface area contributed by atoms with E-state index in [1.54, 1.807) is 6.07 Å². The highest BCUT2D eigenvalue weighted by atomic mass is 35.5. The van der Waals surface area contributed by atoms with Crippen molar-refractivity contribution in [3.63, 3.8) is 0 Å². The van der Waals surface area contributed by atoms with Crippen molar-refractivity contribution < 1.29 is 13.7 Å². The first-order valence-electron chi connectivity index (χ1n) is 8.93. The number of benzene rings is 1. The molecule has 1 aliphatic rings. The number of furan rings is 1. The van der Waals surface area contributed by atoms with Crippen LogP contribution in [0.2, 0.25) is 5.15 Å². The highest BCUT2D eigenvalue weighted by molar-refractivity contribution is 6.34. The lowest BCUT2D eigenvalue weighted by Gasteiger charge is -2.34. The minimum atomic E-state index is -0.616.